The van der Waals surface area contributed by atoms with E-state index in [0.29, 0.717) is 5.56 Å². The molecular formula is C25H26N2O2S. The third-order valence-corrected chi connectivity index (χ3v) is 8.64. The lowest BCUT2D eigenvalue weighted by molar-refractivity contribution is 0.0696. The average Bonchev–Trinajstić information content (AvgIpc) is 2.73. The second kappa shape index (κ2) is 7.33. The van der Waals surface area contributed by atoms with Crippen LogP contribution >= 0.6 is 10.0 Å². The van der Waals surface area contributed by atoms with E-state index in [1.54, 1.807) is 19.2 Å². The lowest BCUT2D eigenvalue weighted by atomic mass is 9.87. The number of carboxylic acid groups (broad SMARTS) is 1. The highest BCUT2D eigenvalue weighted by atomic mass is 32.3. The maximum Gasteiger partial charge on any atom is 0.336 e. The molecule has 2 aliphatic rings. The number of nitrogens with zero attached hydrogens (tertiary/aromatic N) is 2. The number of carboxylic acids is 1. The number of hydrogen-bond donors (Lipinski definition) is 1. The third kappa shape index (κ3) is 3.10. The maximum absolute atomic E-state index is 12.0. The van der Waals surface area contributed by atoms with Crippen molar-refractivity contribution in [3.63, 3.8) is 0 Å². The van der Waals surface area contributed by atoms with Gasteiger partial charge < -0.3 is 10.0 Å². The average molecular weight is 419 g/mol. The molecule has 1 aliphatic heterocycles. The first-order valence-electron chi connectivity index (χ1n) is 9.74. The Morgan fingerprint density at radius 1 is 1.03 bits per heavy atom. The molecule has 1 aliphatic carbocycles. The Balaban J connectivity index is 2.12. The van der Waals surface area contributed by atoms with Gasteiger partial charge in [0.2, 0.25) is 0 Å². The first-order chi connectivity index (χ1) is 14.3. The second-order valence-corrected chi connectivity index (χ2v) is 11.6. The summed E-state index contributed by atoms with van der Waals surface area (Å²) in [6.45, 7) is 0. The summed E-state index contributed by atoms with van der Waals surface area (Å²) in [6.07, 6.45) is 10.9. The predicted molar refractivity (Wildman–Crippen MR) is 128 cm³/mol. The Kier molecular flexibility index (Phi) is 4.94. The van der Waals surface area contributed by atoms with Crippen molar-refractivity contribution in [2.24, 2.45) is 4.99 Å². The lowest BCUT2D eigenvalue weighted by Crippen LogP contribution is -2.18. The van der Waals surface area contributed by atoms with Crippen molar-refractivity contribution in [3.8, 4) is 0 Å². The van der Waals surface area contributed by atoms with E-state index >= 15 is 0 Å². The van der Waals surface area contributed by atoms with E-state index in [9.17, 15) is 9.90 Å². The van der Waals surface area contributed by atoms with Gasteiger partial charge in [0.15, 0.2) is 0 Å². The van der Waals surface area contributed by atoms with Crippen molar-refractivity contribution in [2.75, 3.05) is 38.6 Å². The van der Waals surface area contributed by atoms with E-state index in [1.807, 2.05) is 32.3 Å². The topological polar surface area (TPSA) is 52.9 Å². The number of aliphatic imine (C=N–C) groups is 1. The summed E-state index contributed by atoms with van der Waals surface area (Å²) in [6, 6.07) is 13.8. The molecule has 2 aromatic rings. The number of fused-ring (bicyclic) bond motifs is 2. The largest absolute Gasteiger partial charge is 0.478 e. The number of anilines is 1. The van der Waals surface area contributed by atoms with Crippen LogP contribution in [0.25, 0.3) is 5.57 Å². The van der Waals surface area contributed by atoms with E-state index in [0.717, 1.165) is 33.7 Å². The SMILES string of the molecule is CN=C1C=CC2=C(c3ccccc3C(=O)O)c3ccc(N(C)C)cc3S(C)(C)C2=C1. The highest BCUT2D eigenvalue weighted by Gasteiger charge is 2.35. The van der Waals surface area contributed by atoms with Crippen molar-refractivity contribution in [2.45, 2.75) is 4.90 Å². The van der Waals surface area contributed by atoms with Crippen LogP contribution in [0.4, 0.5) is 5.69 Å². The molecule has 30 heavy (non-hydrogen) atoms. The zero-order valence-corrected chi connectivity index (χ0v) is 18.7. The molecule has 0 spiro atoms. The molecule has 0 radical (unpaired) electrons. The smallest absolute Gasteiger partial charge is 0.336 e. The number of allylic oxidation sites excluding steroid dienone is 4. The Bertz CT molecular complexity index is 1180. The molecule has 4 nitrogen and oxygen atoms in total. The highest BCUT2D eigenvalue weighted by Crippen LogP contribution is 2.66. The van der Waals surface area contributed by atoms with E-state index < -0.39 is 16.0 Å². The quantitative estimate of drug-likeness (QED) is 0.744. The van der Waals surface area contributed by atoms with Crippen LogP contribution in [0.2, 0.25) is 0 Å². The summed E-state index contributed by atoms with van der Waals surface area (Å²) in [7, 11) is 4.56. The van der Waals surface area contributed by atoms with Crippen molar-refractivity contribution in [1.29, 1.82) is 0 Å². The van der Waals surface area contributed by atoms with Gasteiger partial charge >= 0.3 is 5.97 Å². The van der Waals surface area contributed by atoms with Gasteiger partial charge in [-0.15, -0.1) is 0 Å². The molecule has 0 fully saturated rings. The van der Waals surface area contributed by atoms with E-state index in [-0.39, 0.29) is 0 Å². The van der Waals surface area contributed by atoms with Crippen LogP contribution in [0.5, 0.6) is 0 Å². The summed E-state index contributed by atoms with van der Waals surface area (Å²) in [5.74, 6) is -0.913. The molecule has 0 saturated carbocycles. The number of benzene rings is 2. The van der Waals surface area contributed by atoms with Gasteiger partial charge in [0, 0.05) is 36.6 Å². The van der Waals surface area contributed by atoms with E-state index in [1.165, 1.54) is 9.80 Å². The lowest BCUT2D eigenvalue weighted by Gasteiger charge is -2.43. The van der Waals surface area contributed by atoms with Crippen LogP contribution in [0.3, 0.4) is 0 Å². The fraction of sp³-hybridized carbons (Fsp3) is 0.200. The van der Waals surface area contributed by atoms with Crippen LogP contribution in [-0.2, 0) is 0 Å². The van der Waals surface area contributed by atoms with Crippen LogP contribution in [0.1, 0.15) is 21.5 Å². The summed E-state index contributed by atoms with van der Waals surface area (Å²) in [5.41, 5.74) is 6.34. The zero-order chi connectivity index (χ0) is 21.6. The predicted octanol–water partition coefficient (Wildman–Crippen LogP) is 5.21. The summed E-state index contributed by atoms with van der Waals surface area (Å²) < 4.78 is 0. The van der Waals surface area contributed by atoms with Gasteiger partial charge in [-0.2, -0.15) is 10.0 Å². The zero-order valence-electron chi connectivity index (χ0n) is 17.9. The minimum Gasteiger partial charge on any atom is -0.478 e. The number of rotatable bonds is 3. The molecule has 0 aromatic heterocycles. The normalized spacial score (nSPS) is 19.1. The first-order valence-corrected chi connectivity index (χ1v) is 12.2. The van der Waals surface area contributed by atoms with Crippen LogP contribution in [0, 0.1) is 0 Å². The van der Waals surface area contributed by atoms with E-state index in [4.69, 9.17) is 0 Å². The molecule has 0 bridgehead atoms. The second-order valence-electron chi connectivity index (χ2n) is 8.03. The molecule has 0 unspecified atom stereocenters. The Morgan fingerprint density at radius 2 is 1.77 bits per heavy atom. The standard InChI is InChI=1S/C25H26N2O2S/c1-26-16-10-12-20-22(14-16)30(4,5)23-15-17(27(2)3)11-13-21(23)24(20)18-8-6-7-9-19(18)25(28)29/h6-15H,1-5H3,(H,28,29). The Labute approximate surface area is 179 Å². The molecule has 0 atom stereocenters. The first kappa shape index (κ1) is 20.2. The number of carbonyl (C=O) groups is 1. The summed E-state index contributed by atoms with van der Waals surface area (Å²) in [5, 5.41) is 9.86. The molecule has 2 aromatic carbocycles. The van der Waals surface area contributed by atoms with Crippen LogP contribution < -0.4 is 4.90 Å². The monoisotopic (exact) mass is 418 g/mol. The number of aromatic carboxylic acids is 1. The van der Waals surface area contributed by atoms with Gasteiger partial charge in [-0.1, -0.05) is 30.3 Å². The molecule has 154 valence electrons. The van der Waals surface area contributed by atoms with Gasteiger partial charge in [-0.05, 0) is 65.1 Å². The molecule has 5 heteroatoms. The minimum absolute atomic E-state index is 0.319. The maximum atomic E-state index is 12.0. The van der Waals surface area contributed by atoms with Crippen molar-refractivity contribution in [1.82, 2.24) is 0 Å². The van der Waals surface area contributed by atoms with Crippen molar-refractivity contribution in [3.05, 3.63) is 87.9 Å². The van der Waals surface area contributed by atoms with Gasteiger partial charge in [0.25, 0.3) is 0 Å². The van der Waals surface area contributed by atoms with Crippen LogP contribution in [0.15, 0.2) is 81.1 Å². The number of hydrogen-bond acceptors (Lipinski definition) is 3. The summed E-state index contributed by atoms with van der Waals surface area (Å²) >= 11 is 0. The van der Waals surface area contributed by atoms with Crippen molar-refractivity contribution < 1.29 is 9.90 Å². The van der Waals surface area contributed by atoms with Gasteiger partial charge in [-0.3, -0.25) is 4.99 Å². The molecule has 0 amide bonds. The molecule has 0 saturated heterocycles. The fourth-order valence-electron chi connectivity index (χ4n) is 4.14. The molecular weight excluding hydrogens is 392 g/mol. The Morgan fingerprint density at radius 3 is 2.43 bits per heavy atom. The summed E-state index contributed by atoms with van der Waals surface area (Å²) in [4.78, 5) is 21.0. The Hall–Kier alpha value is -3.05. The van der Waals surface area contributed by atoms with Gasteiger partial charge in [0.05, 0.1) is 11.3 Å². The van der Waals surface area contributed by atoms with Crippen molar-refractivity contribution >= 4 is 33.0 Å². The molecule has 4 rings (SSSR count). The molecule has 1 heterocycles. The van der Waals surface area contributed by atoms with Crippen LogP contribution in [-0.4, -0.2) is 50.4 Å². The highest BCUT2D eigenvalue weighted by molar-refractivity contribution is 8.36. The van der Waals surface area contributed by atoms with Gasteiger partial charge in [-0.25, -0.2) is 4.79 Å². The molecule has 1 N–H and O–H groups in total. The minimum atomic E-state index is -1.32. The van der Waals surface area contributed by atoms with E-state index in [2.05, 4.69) is 52.8 Å². The van der Waals surface area contributed by atoms with Gasteiger partial charge in [0.1, 0.15) is 0 Å². The third-order valence-electron chi connectivity index (χ3n) is 5.77. The fourth-order valence-corrected chi connectivity index (χ4v) is 6.65.